The van der Waals surface area contributed by atoms with E-state index in [4.69, 9.17) is 0 Å². The molecule has 0 saturated carbocycles. The first kappa shape index (κ1) is 17.2. The molecule has 6 heteroatoms. The summed E-state index contributed by atoms with van der Waals surface area (Å²) in [6, 6.07) is 8.19. The second-order valence-electron chi connectivity index (χ2n) is 5.76. The Kier molecular flexibility index (Phi) is 4.92. The molecule has 0 amide bonds. The summed E-state index contributed by atoms with van der Waals surface area (Å²) in [6.07, 6.45) is 7.34. The predicted octanol–water partition coefficient (Wildman–Crippen LogP) is 2.42. The average molecular weight is 334 g/mol. The first-order valence-electron chi connectivity index (χ1n) is 7.32. The van der Waals surface area contributed by atoms with Crippen LogP contribution in [0.2, 0.25) is 0 Å². The van der Waals surface area contributed by atoms with E-state index in [9.17, 15) is 4.79 Å². The molecule has 2 aromatic heterocycles. The number of fused-ring (bicyclic) bond motifs is 3. The number of rotatable bonds is 2. The van der Waals surface area contributed by atoms with E-state index in [1.807, 2.05) is 22.9 Å². The third kappa shape index (κ3) is 2.66. The normalized spacial score (nSPS) is 16.6. The average Bonchev–Trinajstić information content (AvgIpc) is 3.10. The summed E-state index contributed by atoms with van der Waals surface area (Å²) in [5.41, 5.74) is 3.27. The van der Waals surface area contributed by atoms with E-state index < -0.39 is 0 Å². The number of aromatic nitrogens is 3. The maximum absolute atomic E-state index is 12.9. The fourth-order valence-corrected chi connectivity index (χ4v) is 3.48. The number of ketones is 1. The monoisotopic (exact) mass is 333 g/mol. The SMILES string of the molecule is Cl.Cn1c2c(c3ccccc31)C(=O)C(Cn1ccnc1)CC2.O. The highest BCUT2D eigenvalue weighted by Crippen LogP contribution is 2.34. The van der Waals surface area contributed by atoms with Gasteiger partial charge in [-0.2, -0.15) is 0 Å². The lowest BCUT2D eigenvalue weighted by Crippen LogP contribution is -2.26. The number of Topliss-reactive ketones (excluding diaryl/α,β-unsaturated/α-hetero) is 1. The third-order valence-corrected chi connectivity index (χ3v) is 4.57. The van der Waals surface area contributed by atoms with E-state index in [-0.39, 0.29) is 29.6 Å². The molecular formula is C17H20ClN3O2. The molecule has 122 valence electrons. The molecule has 1 aliphatic rings. The van der Waals surface area contributed by atoms with Crippen molar-refractivity contribution in [3.05, 3.63) is 54.2 Å². The topological polar surface area (TPSA) is 71.3 Å². The molecule has 2 heterocycles. The lowest BCUT2D eigenvalue weighted by molar-refractivity contribution is 0.0888. The first-order valence-corrected chi connectivity index (χ1v) is 7.32. The molecule has 4 rings (SSSR count). The summed E-state index contributed by atoms with van der Waals surface area (Å²) >= 11 is 0. The standard InChI is InChI=1S/C17H17N3O.ClH.H2O/c1-19-14-5-3-2-4-13(14)16-15(19)7-6-12(17(16)21)10-20-9-8-18-11-20;;/h2-5,8-9,11-12H,6-7,10H2,1H3;1H;1H2. The van der Waals surface area contributed by atoms with Gasteiger partial charge in [0.15, 0.2) is 5.78 Å². The van der Waals surface area contributed by atoms with E-state index >= 15 is 0 Å². The zero-order valence-corrected chi connectivity index (χ0v) is 13.7. The van der Waals surface area contributed by atoms with Crippen molar-refractivity contribution in [2.75, 3.05) is 0 Å². The molecule has 1 aliphatic carbocycles. The predicted molar refractivity (Wildman–Crippen MR) is 92.1 cm³/mol. The Balaban J connectivity index is 0.000000960. The highest BCUT2D eigenvalue weighted by atomic mass is 35.5. The molecule has 0 aliphatic heterocycles. The Morgan fingerprint density at radius 2 is 2.09 bits per heavy atom. The summed E-state index contributed by atoms with van der Waals surface area (Å²) in [4.78, 5) is 17.0. The summed E-state index contributed by atoms with van der Waals surface area (Å²) < 4.78 is 4.18. The molecule has 1 unspecified atom stereocenters. The summed E-state index contributed by atoms with van der Waals surface area (Å²) in [5, 5.41) is 1.09. The third-order valence-electron chi connectivity index (χ3n) is 4.57. The number of carbonyl (C=O) groups is 1. The van der Waals surface area contributed by atoms with Gasteiger partial charge in [-0.3, -0.25) is 4.79 Å². The van der Waals surface area contributed by atoms with Gasteiger partial charge in [-0.25, -0.2) is 4.98 Å². The first-order chi connectivity index (χ1) is 10.3. The maximum atomic E-state index is 12.9. The molecule has 23 heavy (non-hydrogen) atoms. The van der Waals surface area contributed by atoms with E-state index in [0.717, 1.165) is 35.9 Å². The van der Waals surface area contributed by atoms with Gasteiger partial charge >= 0.3 is 0 Å². The van der Waals surface area contributed by atoms with Crippen molar-refractivity contribution in [2.45, 2.75) is 19.4 Å². The minimum absolute atomic E-state index is 0. The van der Waals surface area contributed by atoms with Crippen LogP contribution in [0, 0.1) is 5.92 Å². The Labute approximate surface area is 140 Å². The van der Waals surface area contributed by atoms with Crippen LogP contribution < -0.4 is 0 Å². The molecule has 2 N–H and O–H groups in total. The van der Waals surface area contributed by atoms with Crippen molar-refractivity contribution in [3.8, 4) is 0 Å². The van der Waals surface area contributed by atoms with E-state index in [1.165, 1.54) is 5.69 Å². The highest BCUT2D eigenvalue weighted by Gasteiger charge is 2.31. The second kappa shape index (κ2) is 6.56. The molecule has 5 nitrogen and oxygen atoms in total. The second-order valence-corrected chi connectivity index (χ2v) is 5.76. The van der Waals surface area contributed by atoms with Crippen LogP contribution in [-0.2, 0) is 20.0 Å². The summed E-state index contributed by atoms with van der Waals surface area (Å²) in [5.74, 6) is 0.333. The molecule has 1 aromatic carbocycles. The zero-order valence-electron chi connectivity index (χ0n) is 12.9. The number of para-hydroxylation sites is 1. The Bertz CT molecular complexity index is 824. The van der Waals surface area contributed by atoms with Gasteiger partial charge in [0.05, 0.1) is 6.33 Å². The van der Waals surface area contributed by atoms with Crippen LogP contribution >= 0.6 is 12.4 Å². The molecule has 0 radical (unpaired) electrons. The number of aryl methyl sites for hydroxylation is 1. The Morgan fingerprint density at radius 1 is 1.30 bits per heavy atom. The molecule has 3 aromatic rings. The molecule has 0 bridgehead atoms. The van der Waals surface area contributed by atoms with Crippen LogP contribution in [0.3, 0.4) is 0 Å². The Morgan fingerprint density at radius 3 is 2.83 bits per heavy atom. The van der Waals surface area contributed by atoms with Crippen LogP contribution in [0.25, 0.3) is 10.9 Å². The zero-order chi connectivity index (χ0) is 14.4. The van der Waals surface area contributed by atoms with E-state index in [2.05, 4.69) is 28.7 Å². The van der Waals surface area contributed by atoms with Crippen molar-refractivity contribution < 1.29 is 10.3 Å². The number of benzene rings is 1. The number of hydrogen-bond donors (Lipinski definition) is 0. The van der Waals surface area contributed by atoms with Crippen molar-refractivity contribution in [3.63, 3.8) is 0 Å². The van der Waals surface area contributed by atoms with Gasteiger partial charge in [0.2, 0.25) is 0 Å². The lowest BCUT2D eigenvalue weighted by atomic mass is 9.85. The van der Waals surface area contributed by atoms with Crippen molar-refractivity contribution >= 4 is 29.1 Å². The van der Waals surface area contributed by atoms with Gasteiger partial charge in [-0.15, -0.1) is 12.4 Å². The quantitative estimate of drug-likeness (QED) is 0.722. The fourth-order valence-electron chi connectivity index (χ4n) is 3.48. The number of carbonyl (C=O) groups excluding carboxylic acids is 1. The number of nitrogens with zero attached hydrogens (tertiary/aromatic N) is 3. The number of hydrogen-bond acceptors (Lipinski definition) is 2. The van der Waals surface area contributed by atoms with Crippen LogP contribution in [0.15, 0.2) is 43.0 Å². The minimum Gasteiger partial charge on any atom is -0.412 e. The number of halogens is 1. The van der Waals surface area contributed by atoms with Gasteiger partial charge < -0.3 is 14.6 Å². The van der Waals surface area contributed by atoms with Crippen molar-refractivity contribution in [1.29, 1.82) is 0 Å². The van der Waals surface area contributed by atoms with Crippen LogP contribution in [0.4, 0.5) is 0 Å². The van der Waals surface area contributed by atoms with Gasteiger partial charge in [0.1, 0.15) is 0 Å². The van der Waals surface area contributed by atoms with Gasteiger partial charge in [-0.1, -0.05) is 18.2 Å². The molecule has 1 atom stereocenters. The van der Waals surface area contributed by atoms with Gasteiger partial charge in [-0.05, 0) is 18.9 Å². The van der Waals surface area contributed by atoms with Crippen molar-refractivity contribution in [1.82, 2.24) is 14.1 Å². The van der Waals surface area contributed by atoms with E-state index in [0.29, 0.717) is 0 Å². The fraction of sp³-hybridized carbons (Fsp3) is 0.294. The molecule has 0 spiro atoms. The lowest BCUT2D eigenvalue weighted by Gasteiger charge is -2.22. The van der Waals surface area contributed by atoms with Gasteiger partial charge in [0.25, 0.3) is 0 Å². The molecule has 0 saturated heterocycles. The van der Waals surface area contributed by atoms with Crippen molar-refractivity contribution in [2.24, 2.45) is 13.0 Å². The van der Waals surface area contributed by atoms with Gasteiger partial charge in [0, 0.05) is 54.1 Å². The largest absolute Gasteiger partial charge is 0.412 e. The highest BCUT2D eigenvalue weighted by molar-refractivity contribution is 6.11. The van der Waals surface area contributed by atoms with Crippen LogP contribution in [0.1, 0.15) is 22.5 Å². The molecule has 0 fully saturated rings. The molecular weight excluding hydrogens is 314 g/mol. The maximum Gasteiger partial charge on any atom is 0.170 e. The Hall–Kier alpha value is -2.11. The minimum atomic E-state index is 0. The van der Waals surface area contributed by atoms with E-state index in [1.54, 1.807) is 12.5 Å². The van der Waals surface area contributed by atoms with Crippen LogP contribution in [0.5, 0.6) is 0 Å². The summed E-state index contributed by atoms with van der Waals surface area (Å²) in [7, 11) is 2.06. The van der Waals surface area contributed by atoms with Crippen LogP contribution in [-0.4, -0.2) is 25.4 Å². The smallest absolute Gasteiger partial charge is 0.170 e. The number of imidazole rings is 1. The summed E-state index contributed by atoms with van der Waals surface area (Å²) in [6.45, 7) is 0.724.